The molecule has 1 saturated carbocycles. The van der Waals surface area contributed by atoms with Gasteiger partial charge in [0.1, 0.15) is 24.0 Å². The first-order valence-corrected chi connectivity index (χ1v) is 8.85. The Labute approximate surface area is 144 Å². The highest BCUT2D eigenvalue weighted by Crippen LogP contribution is 2.21. The number of hydrogen-bond acceptors (Lipinski definition) is 5. The van der Waals surface area contributed by atoms with Gasteiger partial charge in [0.25, 0.3) is 5.56 Å². The molecule has 25 heavy (non-hydrogen) atoms. The van der Waals surface area contributed by atoms with E-state index in [2.05, 4.69) is 5.10 Å². The van der Waals surface area contributed by atoms with Crippen molar-refractivity contribution in [3.8, 4) is 0 Å². The quantitative estimate of drug-likeness (QED) is 0.681. The number of hydrogen-bond donors (Lipinski definition) is 0. The Bertz CT molecular complexity index is 975. The molecule has 0 aromatic carbocycles. The molecule has 0 aliphatic heterocycles. The van der Waals surface area contributed by atoms with Crippen molar-refractivity contribution < 1.29 is 13.9 Å². The minimum atomic E-state index is -0.400. The zero-order valence-corrected chi connectivity index (χ0v) is 14.2. The SMILES string of the molecule is CCc1nn(CC(=O)OC2CCCCC2)c(=O)c2cc3occc3n12. The molecule has 1 aliphatic carbocycles. The van der Waals surface area contributed by atoms with Gasteiger partial charge in [0.15, 0.2) is 5.58 Å². The molecule has 3 aromatic heterocycles. The fourth-order valence-electron chi connectivity index (χ4n) is 3.59. The second-order valence-electron chi connectivity index (χ2n) is 6.52. The first-order chi connectivity index (χ1) is 12.2. The van der Waals surface area contributed by atoms with E-state index in [1.165, 1.54) is 11.1 Å². The summed E-state index contributed by atoms with van der Waals surface area (Å²) in [5.74, 6) is 0.305. The van der Waals surface area contributed by atoms with Gasteiger partial charge in [-0.05, 0) is 25.7 Å². The van der Waals surface area contributed by atoms with Crippen LogP contribution in [0.15, 0.2) is 27.6 Å². The summed E-state index contributed by atoms with van der Waals surface area (Å²) in [6.45, 7) is 1.80. The maximum absolute atomic E-state index is 12.7. The van der Waals surface area contributed by atoms with E-state index in [1.807, 2.05) is 13.0 Å². The van der Waals surface area contributed by atoms with Crippen LogP contribution in [-0.2, 0) is 22.5 Å². The number of carbonyl (C=O) groups is 1. The fourth-order valence-corrected chi connectivity index (χ4v) is 3.59. The average Bonchev–Trinajstić information content (AvgIpc) is 3.20. The molecule has 4 rings (SSSR count). The van der Waals surface area contributed by atoms with Gasteiger partial charge >= 0.3 is 5.97 Å². The Hall–Kier alpha value is -2.57. The van der Waals surface area contributed by atoms with Gasteiger partial charge in [-0.25, -0.2) is 4.68 Å². The Morgan fingerprint density at radius 1 is 1.32 bits per heavy atom. The zero-order valence-electron chi connectivity index (χ0n) is 14.2. The van der Waals surface area contributed by atoms with Crippen molar-refractivity contribution >= 4 is 22.6 Å². The van der Waals surface area contributed by atoms with Gasteiger partial charge in [0, 0.05) is 18.6 Å². The normalized spacial score (nSPS) is 15.9. The van der Waals surface area contributed by atoms with Crippen molar-refractivity contribution in [2.75, 3.05) is 0 Å². The number of rotatable bonds is 4. The van der Waals surface area contributed by atoms with Crippen LogP contribution in [0.1, 0.15) is 44.9 Å². The molecule has 132 valence electrons. The summed E-state index contributed by atoms with van der Waals surface area (Å²) in [5.41, 5.74) is 1.60. The van der Waals surface area contributed by atoms with E-state index in [1.54, 1.807) is 16.7 Å². The summed E-state index contributed by atoms with van der Waals surface area (Å²) in [6.07, 6.45) is 7.37. The molecule has 1 aliphatic rings. The number of carbonyl (C=O) groups excluding carboxylic acids is 1. The third-order valence-corrected chi connectivity index (χ3v) is 4.82. The molecule has 0 amide bonds. The van der Waals surface area contributed by atoms with E-state index in [-0.39, 0.29) is 18.2 Å². The summed E-state index contributed by atoms with van der Waals surface area (Å²) in [4.78, 5) is 25.0. The lowest BCUT2D eigenvalue weighted by molar-refractivity contribution is -0.151. The number of ether oxygens (including phenoxy) is 1. The van der Waals surface area contributed by atoms with Crippen LogP contribution in [0.5, 0.6) is 0 Å². The molecule has 7 heteroatoms. The Morgan fingerprint density at radius 3 is 2.88 bits per heavy atom. The minimum absolute atomic E-state index is 0.0260. The highest BCUT2D eigenvalue weighted by atomic mass is 16.5. The van der Waals surface area contributed by atoms with Crippen molar-refractivity contribution in [1.82, 2.24) is 14.2 Å². The number of esters is 1. The summed E-state index contributed by atoms with van der Waals surface area (Å²) in [6, 6.07) is 3.51. The molecular formula is C18H21N3O4. The van der Waals surface area contributed by atoms with Crippen molar-refractivity contribution in [2.45, 2.75) is 58.1 Å². The van der Waals surface area contributed by atoms with Crippen molar-refractivity contribution in [3.63, 3.8) is 0 Å². The maximum Gasteiger partial charge on any atom is 0.328 e. The highest BCUT2D eigenvalue weighted by molar-refractivity contribution is 5.82. The predicted octanol–water partition coefficient (Wildman–Crippen LogP) is 2.68. The van der Waals surface area contributed by atoms with E-state index in [0.29, 0.717) is 23.3 Å². The maximum atomic E-state index is 12.7. The molecule has 3 heterocycles. The first-order valence-electron chi connectivity index (χ1n) is 8.85. The van der Waals surface area contributed by atoms with Crippen molar-refractivity contribution in [2.24, 2.45) is 0 Å². The van der Waals surface area contributed by atoms with Crippen LogP contribution in [0.25, 0.3) is 16.6 Å². The number of fused-ring (bicyclic) bond motifs is 3. The van der Waals surface area contributed by atoms with Gasteiger partial charge < -0.3 is 9.15 Å². The van der Waals surface area contributed by atoms with Gasteiger partial charge in [0.05, 0.1) is 11.8 Å². The van der Waals surface area contributed by atoms with Crippen LogP contribution in [0.2, 0.25) is 0 Å². The van der Waals surface area contributed by atoms with E-state index in [0.717, 1.165) is 31.2 Å². The standard InChI is InChI=1S/C18H21N3O4/c1-2-16-19-20(11-17(22)25-12-6-4-3-5-7-12)18(23)14-10-15-13(21(14)16)8-9-24-15/h8-10,12H,2-7,11H2,1H3. The molecule has 0 N–H and O–H groups in total. The van der Waals surface area contributed by atoms with Gasteiger partial charge in [-0.2, -0.15) is 5.10 Å². The summed E-state index contributed by atoms with van der Waals surface area (Å²) in [5, 5.41) is 4.38. The number of nitrogens with zero attached hydrogens (tertiary/aromatic N) is 3. The van der Waals surface area contributed by atoms with E-state index in [4.69, 9.17) is 9.15 Å². The van der Waals surface area contributed by atoms with E-state index < -0.39 is 5.97 Å². The van der Waals surface area contributed by atoms with E-state index >= 15 is 0 Å². The molecular weight excluding hydrogens is 322 g/mol. The smallest absolute Gasteiger partial charge is 0.328 e. The summed E-state index contributed by atoms with van der Waals surface area (Å²) < 4.78 is 13.9. The van der Waals surface area contributed by atoms with Crippen LogP contribution in [0, 0.1) is 0 Å². The third-order valence-electron chi connectivity index (χ3n) is 4.82. The van der Waals surface area contributed by atoms with E-state index in [9.17, 15) is 9.59 Å². The van der Waals surface area contributed by atoms with Crippen LogP contribution in [0.3, 0.4) is 0 Å². The molecule has 3 aromatic rings. The zero-order chi connectivity index (χ0) is 17.4. The van der Waals surface area contributed by atoms with Gasteiger partial charge in [-0.15, -0.1) is 0 Å². The largest absolute Gasteiger partial charge is 0.463 e. The lowest BCUT2D eigenvalue weighted by Crippen LogP contribution is -2.32. The second-order valence-corrected chi connectivity index (χ2v) is 6.52. The van der Waals surface area contributed by atoms with Gasteiger partial charge in [-0.1, -0.05) is 13.3 Å². The van der Waals surface area contributed by atoms with Crippen molar-refractivity contribution in [3.05, 3.63) is 34.6 Å². The summed E-state index contributed by atoms with van der Waals surface area (Å²) >= 11 is 0. The monoisotopic (exact) mass is 343 g/mol. The second kappa shape index (κ2) is 6.38. The van der Waals surface area contributed by atoms with Crippen LogP contribution in [0.4, 0.5) is 0 Å². The Morgan fingerprint density at radius 2 is 2.12 bits per heavy atom. The topological polar surface area (TPSA) is 78.7 Å². The molecule has 0 unspecified atom stereocenters. The average molecular weight is 343 g/mol. The number of aromatic nitrogens is 3. The van der Waals surface area contributed by atoms with Gasteiger partial charge in [0.2, 0.25) is 0 Å². The fraction of sp³-hybridized carbons (Fsp3) is 0.500. The molecule has 0 radical (unpaired) electrons. The van der Waals surface area contributed by atoms with Crippen molar-refractivity contribution in [1.29, 1.82) is 0 Å². The highest BCUT2D eigenvalue weighted by Gasteiger charge is 2.20. The Balaban J connectivity index is 1.66. The van der Waals surface area contributed by atoms with Crippen LogP contribution < -0.4 is 5.56 Å². The van der Waals surface area contributed by atoms with Crippen LogP contribution >= 0.6 is 0 Å². The van der Waals surface area contributed by atoms with Crippen LogP contribution in [-0.4, -0.2) is 26.3 Å². The molecule has 7 nitrogen and oxygen atoms in total. The third kappa shape index (κ3) is 2.83. The molecule has 1 fully saturated rings. The molecule has 0 saturated heterocycles. The predicted molar refractivity (Wildman–Crippen MR) is 91.6 cm³/mol. The number of aryl methyl sites for hydroxylation is 1. The van der Waals surface area contributed by atoms with Gasteiger partial charge in [-0.3, -0.25) is 14.0 Å². The number of furan rings is 1. The molecule has 0 bridgehead atoms. The summed E-state index contributed by atoms with van der Waals surface area (Å²) in [7, 11) is 0. The molecule has 0 spiro atoms. The lowest BCUT2D eigenvalue weighted by Gasteiger charge is -2.21. The Kier molecular flexibility index (Phi) is 4.07. The molecule has 0 atom stereocenters. The minimum Gasteiger partial charge on any atom is -0.463 e. The first kappa shape index (κ1) is 15.9. The lowest BCUT2D eigenvalue weighted by atomic mass is 9.98.